The van der Waals surface area contributed by atoms with E-state index in [9.17, 15) is 4.79 Å². The Kier molecular flexibility index (Phi) is 5.44. The van der Waals surface area contributed by atoms with Crippen LogP contribution in [-0.2, 0) is 9.53 Å². The van der Waals surface area contributed by atoms with Crippen LogP contribution in [-0.4, -0.2) is 44.8 Å². The van der Waals surface area contributed by atoms with Crippen LogP contribution in [0.5, 0.6) is 11.5 Å². The lowest BCUT2D eigenvalue weighted by Crippen LogP contribution is -2.30. The second kappa shape index (κ2) is 7.31. The number of esters is 1. The molecule has 1 aliphatic heterocycles. The first-order chi connectivity index (χ1) is 10.2. The molecule has 1 unspecified atom stereocenters. The number of methoxy groups -OCH3 is 2. The molecular weight excluding hydrogens is 270 g/mol. The van der Waals surface area contributed by atoms with Crippen LogP contribution in [0.1, 0.15) is 31.4 Å². The molecule has 1 saturated heterocycles. The van der Waals surface area contributed by atoms with Crippen molar-refractivity contribution in [1.82, 2.24) is 4.90 Å². The standard InChI is InChI=1S/C16H23NO4/c1-4-21-16(18)11-17-9-5-6-14(17)13-8-7-12(19-2)10-15(13)20-3/h7-8,10,14H,4-6,9,11H2,1-3H3. The van der Waals surface area contributed by atoms with Gasteiger partial charge in [-0.2, -0.15) is 0 Å². The van der Waals surface area contributed by atoms with Crippen LogP contribution in [0.15, 0.2) is 18.2 Å². The number of hydrogen-bond acceptors (Lipinski definition) is 5. The molecule has 0 amide bonds. The number of nitrogens with zero attached hydrogens (tertiary/aromatic N) is 1. The van der Waals surface area contributed by atoms with E-state index in [0.717, 1.165) is 36.4 Å². The van der Waals surface area contributed by atoms with Crippen LogP contribution >= 0.6 is 0 Å². The van der Waals surface area contributed by atoms with Gasteiger partial charge in [-0.3, -0.25) is 9.69 Å². The number of benzene rings is 1. The highest BCUT2D eigenvalue weighted by molar-refractivity contribution is 5.71. The lowest BCUT2D eigenvalue weighted by atomic mass is 10.0. The maximum Gasteiger partial charge on any atom is 0.320 e. The van der Waals surface area contributed by atoms with E-state index in [0.29, 0.717) is 13.2 Å². The summed E-state index contributed by atoms with van der Waals surface area (Å²) in [7, 11) is 3.29. The molecule has 0 bridgehead atoms. The zero-order chi connectivity index (χ0) is 15.2. The number of ether oxygens (including phenoxy) is 3. The van der Waals surface area contributed by atoms with E-state index in [2.05, 4.69) is 4.90 Å². The highest BCUT2D eigenvalue weighted by Gasteiger charge is 2.30. The summed E-state index contributed by atoms with van der Waals surface area (Å²) in [6.07, 6.45) is 2.08. The highest BCUT2D eigenvalue weighted by Crippen LogP contribution is 2.38. The molecule has 21 heavy (non-hydrogen) atoms. The van der Waals surface area contributed by atoms with Gasteiger partial charge in [-0.25, -0.2) is 0 Å². The van der Waals surface area contributed by atoms with Crippen LogP contribution in [0.3, 0.4) is 0 Å². The van der Waals surface area contributed by atoms with Crippen molar-refractivity contribution in [2.45, 2.75) is 25.8 Å². The lowest BCUT2D eigenvalue weighted by Gasteiger charge is -2.25. The van der Waals surface area contributed by atoms with Crippen LogP contribution in [0, 0.1) is 0 Å². The molecule has 116 valence electrons. The smallest absolute Gasteiger partial charge is 0.320 e. The van der Waals surface area contributed by atoms with Gasteiger partial charge in [-0.15, -0.1) is 0 Å². The molecule has 1 aromatic rings. The molecule has 0 N–H and O–H groups in total. The Morgan fingerprint density at radius 3 is 2.81 bits per heavy atom. The Bertz CT molecular complexity index is 489. The third-order valence-electron chi connectivity index (χ3n) is 3.80. The van der Waals surface area contributed by atoms with Gasteiger partial charge in [0.2, 0.25) is 0 Å². The Hall–Kier alpha value is -1.75. The fraction of sp³-hybridized carbons (Fsp3) is 0.562. The molecule has 1 aromatic carbocycles. The maximum atomic E-state index is 11.7. The van der Waals surface area contributed by atoms with E-state index >= 15 is 0 Å². The third kappa shape index (κ3) is 3.67. The third-order valence-corrected chi connectivity index (χ3v) is 3.80. The molecule has 0 saturated carbocycles. The van der Waals surface area contributed by atoms with Gasteiger partial charge >= 0.3 is 5.97 Å². The van der Waals surface area contributed by atoms with Gasteiger partial charge in [0.05, 0.1) is 27.4 Å². The minimum absolute atomic E-state index is 0.170. The van der Waals surface area contributed by atoms with Crippen LogP contribution in [0.4, 0.5) is 0 Å². The molecule has 1 heterocycles. The van der Waals surface area contributed by atoms with Crippen molar-refractivity contribution in [3.05, 3.63) is 23.8 Å². The molecule has 1 fully saturated rings. The monoisotopic (exact) mass is 293 g/mol. The second-order valence-corrected chi connectivity index (χ2v) is 5.04. The zero-order valence-corrected chi connectivity index (χ0v) is 12.9. The molecule has 0 aliphatic carbocycles. The van der Waals surface area contributed by atoms with Gasteiger partial charge in [0.25, 0.3) is 0 Å². The van der Waals surface area contributed by atoms with Crippen molar-refractivity contribution in [1.29, 1.82) is 0 Å². The van der Waals surface area contributed by atoms with E-state index in [1.54, 1.807) is 14.2 Å². The van der Waals surface area contributed by atoms with Crippen LogP contribution in [0.25, 0.3) is 0 Å². The highest BCUT2D eigenvalue weighted by atomic mass is 16.5. The lowest BCUT2D eigenvalue weighted by molar-refractivity contribution is -0.144. The van der Waals surface area contributed by atoms with Gasteiger partial charge in [0.1, 0.15) is 11.5 Å². The van der Waals surface area contributed by atoms with Gasteiger partial charge < -0.3 is 14.2 Å². The summed E-state index contributed by atoms with van der Waals surface area (Å²) >= 11 is 0. The quantitative estimate of drug-likeness (QED) is 0.754. The molecule has 0 spiro atoms. The van der Waals surface area contributed by atoms with Crippen molar-refractivity contribution >= 4 is 5.97 Å². The van der Waals surface area contributed by atoms with Crippen molar-refractivity contribution in [3.63, 3.8) is 0 Å². The number of carbonyl (C=O) groups is 1. The first-order valence-electron chi connectivity index (χ1n) is 7.31. The predicted molar refractivity (Wildman–Crippen MR) is 79.7 cm³/mol. The SMILES string of the molecule is CCOC(=O)CN1CCCC1c1ccc(OC)cc1OC. The first-order valence-corrected chi connectivity index (χ1v) is 7.31. The number of rotatable bonds is 6. The van der Waals surface area contributed by atoms with Gasteiger partial charge in [-0.1, -0.05) is 6.07 Å². The summed E-state index contributed by atoms with van der Waals surface area (Å²) < 4.78 is 15.8. The van der Waals surface area contributed by atoms with Gasteiger partial charge in [-0.05, 0) is 32.4 Å². The summed E-state index contributed by atoms with van der Waals surface area (Å²) in [6.45, 7) is 3.47. The molecule has 1 atom stereocenters. The van der Waals surface area contributed by atoms with Crippen LogP contribution < -0.4 is 9.47 Å². The second-order valence-electron chi connectivity index (χ2n) is 5.04. The van der Waals surface area contributed by atoms with E-state index in [1.165, 1.54) is 0 Å². The van der Waals surface area contributed by atoms with E-state index < -0.39 is 0 Å². The summed E-state index contributed by atoms with van der Waals surface area (Å²) in [4.78, 5) is 13.9. The van der Waals surface area contributed by atoms with Gasteiger partial charge in [0.15, 0.2) is 0 Å². The van der Waals surface area contributed by atoms with E-state index in [-0.39, 0.29) is 12.0 Å². The van der Waals surface area contributed by atoms with Gasteiger partial charge in [0, 0.05) is 17.7 Å². The number of likely N-dealkylation sites (tertiary alicyclic amines) is 1. The molecule has 5 nitrogen and oxygen atoms in total. The predicted octanol–water partition coefficient (Wildman–Crippen LogP) is 2.40. The normalized spacial score (nSPS) is 18.5. The Morgan fingerprint density at radius 1 is 1.33 bits per heavy atom. The maximum absolute atomic E-state index is 11.7. The first kappa shape index (κ1) is 15.6. The Balaban J connectivity index is 2.17. The summed E-state index contributed by atoms with van der Waals surface area (Å²) in [5.41, 5.74) is 1.10. The van der Waals surface area contributed by atoms with E-state index in [1.807, 2.05) is 25.1 Å². The molecule has 5 heteroatoms. The average molecular weight is 293 g/mol. The largest absolute Gasteiger partial charge is 0.497 e. The summed E-state index contributed by atoms with van der Waals surface area (Å²) in [5, 5.41) is 0. The number of hydrogen-bond donors (Lipinski definition) is 0. The molecule has 0 aromatic heterocycles. The summed E-state index contributed by atoms with van der Waals surface area (Å²) in [5.74, 6) is 1.40. The fourth-order valence-electron chi connectivity index (χ4n) is 2.83. The van der Waals surface area contributed by atoms with Crippen molar-refractivity contribution in [2.75, 3.05) is 33.9 Å². The minimum atomic E-state index is -0.170. The average Bonchev–Trinajstić information content (AvgIpc) is 2.94. The zero-order valence-electron chi connectivity index (χ0n) is 12.9. The molecule has 0 radical (unpaired) electrons. The fourth-order valence-corrected chi connectivity index (χ4v) is 2.83. The van der Waals surface area contributed by atoms with Crippen molar-refractivity contribution < 1.29 is 19.0 Å². The number of carbonyl (C=O) groups excluding carboxylic acids is 1. The molecule has 2 rings (SSSR count). The topological polar surface area (TPSA) is 48.0 Å². The van der Waals surface area contributed by atoms with E-state index in [4.69, 9.17) is 14.2 Å². The van der Waals surface area contributed by atoms with Crippen molar-refractivity contribution in [3.8, 4) is 11.5 Å². The minimum Gasteiger partial charge on any atom is -0.497 e. The van der Waals surface area contributed by atoms with Crippen LogP contribution in [0.2, 0.25) is 0 Å². The molecular formula is C16H23NO4. The molecule has 1 aliphatic rings. The Labute approximate surface area is 125 Å². The summed E-state index contributed by atoms with van der Waals surface area (Å²) in [6, 6.07) is 6.02. The van der Waals surface area contributed by atoms with Crippen molar-refractivity contribution in [2.24, 2.45) is 0 Å². The Morgan fingerprint density at radius 2 is 2.14 bits per heavy atom.